The summed E-state index contributed by atoms with van der Waals surface area (Å²) in [5.41, 5.74) is 4.65. The Labute approximate surface area is 134 Å². The van der Waals surface area contributed by atoms with Gasteiger partial charge in [0.25, 0.3) is 0 Å². The van der Waals surface area contributed by atoms with Gasteiger partial charge in [0, 0.05) is 17.8 Å². The predicted octanol–water partition coefficient (Wildman–Crippen LogP) is 5.33. The van der Waals surface area contributed by atoms with Gasteiger partial charge in [0.15, 0.2) is 0 Å². The van der Waals surface area contributed by atoms with Gasteiger partial charge in [-0.3, -0.25) is 0 Å². The van der Waals surface area contributed by atoms with E-state index in [2.05, 4.69) is 63.3 Å². The SMILES string of the molecule is CC(C)Cc1ccc(O)c(CNc2ccc(C(C)C)cc2)c1. The molecule has 2 rings (SSSR count). The zero-order valence-electron chi connectivity index (χ0n) is 14.1. The third-order valence-corrected chi connectivity index (χ3v) is 3.85. The van der Waals surface area contributed by atoms with Gasteiger partial charge in [0.2, 0.25) is 0 Å². The fourth-order valence-electron chi connectivity index (χ4n) is 2.56. The van der Waals surface area contributed by atoms with Gasteiger partial charge >= 0.3 is 0 Å². The molecule has 22 heavy (non-hydrogen) atoms. The number of hydrogen-bond donors (Lipinski definition) is 2. The molecule has 0 spiro atoms. The lowest BCUT2D eigenvalue weighted by Gasteiger charge is -2.12. The van der Waals surface area contributed by atoms with E-state index in [1.54, 1.807) is 6.07 Å². The Bertz CT molecular complexity index is 600. The van der Waals surface area contributed by atoms with Crippen LogP contribution in [-0.2, 0) is 13.0 Å². The molecule has 2 N–H and O–H groups in total. The van der Waals surface area contributed by atoms with E-state index in [-0.39, 0.29) is 0 Å². The van der Waals surface area contributed by atoms with Crippen LogP contribution in [-0.4, -0.2) is 5.11 Å². The second kappa shape index (κ2) is 7.35. The van der Waals surface area contributed by atoms with Gasteiger partial charge < -0.3 is 10.4 Å². The predicted molar refractivity (Wildman–Crippen MR) is 94.5 cm³/mol. The fourth-order valence-corrected chi connectivity index (χ4v) is 2.56. The highest BCUT2D eigenvalue weighted by atomic mass is 16.3. The molecule has 0 amide bonds. The number of anilines is 1. The molecule has 2 nitrogen and oxygen atoms in total. The molecule has 0 fully saturated rings. The maximum Gasteiger partial charge on any atom is 0.120 e. The van der Waals surface area contributed by atoms with Gasteiger partial charge in [-0.05, 0) is 47.6 Å². The Morgan fingerprint density at radius 2 is 1.64 bits per heavy atom. The average Bonchev–Trinajstić information content (AvgIpc) is 2.47. The van der Waals surface area contributed by atoms with Crippen molar-refractivity contribution in [3.05, 3.63) is 59.2 Å². The van der Waals surface area contributed by atoms with Crippen LogP contribution in [0.4, 0.5) is 5.69 Å². The van der Waals surface area contributed by atoms with Crippen LogP contribution < -0.4 is 5.32 Å². The Hall–Kier alpha value is -1.96. The molecule has 2 aromatic carbocycles. The minimum absolute atomic E-state index is 0.360. The second-order valence-corrected chi connectivity index (χ2v) is 6.69. The van der Waals surface area contributed by atoms with Crippen molar-refractivity contribution in [1.29, 1.82) is 0 Å². The molecule has 0 unspecified atom stereocenters. The zero-order chi connectivity index (χ0) is 16.1. The maximum atomic E-state index is 10.0. The third kappa shape index (κ3) is 4.52. The number of nitrogens with one attached hydrogen (secondary N) is 1. The van der Waals surface area contributed by atoms with Crippen molar-refractivity contribution >= 4 is 5.69 Å². The normalized spacial score (nSPS) is 11.2. The van der Waals surface area contributed by atoms with Gasteiger partial charge in [0.1, 0.15) is 5.75 Å². The summed E-state index contributed by atoms with van der Waals surface area (Å²) in [5, 5.41) is 13.4. The first-order valence-corrected chi connectivity index (χ1v) is 8.10. The van der Waals surface area contributed by atoms with Gasteiger partial charge in [-0.25, -0.2) is 0 Å². The first-order chi connectivity index (χ1) is 10.5. The molecule has 118 valence electrons. The molecule has 0 aliphatic rings. The van der Waals surface area contributed by atoms with E-state index in [9.17, 15) is 5.11 Å². The van der Waals surface area contributed by atoms with Gasteiger partial charge in [0.05, 0.1) is 0 Å². The largest absolute Gasteiger partial charge is 0.508 e. The van der Waals surface area contributed by atoms with Crippen LogP contribution in [0.5, 0.6) is 5.75 Å². The third-order valence-electron chi connectivity index (χ3n) is 3.85. The highest BCUT2D eigenvalue weighted by Crippen LogP contribution is 2.22. The summed E-state index contributed by atoms with van der Waals surface area (Å²) in [6.45, 7) is 9.45. The van der Waals surface area contributed by atoms with Crippen molar-refractivity contribution in [2.45, 2.75) is 46.6 Å². The topological polar surface area (TPSA) is 32.3 Å². The molecule has 0 aromatic heterocycles. The summed E-state index contributed by atoms with van der Waals surface area (Å²) >= 11 is 0. The molecule has 0 heterocycles. The van der Waals surface area contributed by atoms with Crippen molar-refractivity contribution in [3.63, 3.8) is 0 Å². The Morgan fingerprint density at radius 1 is 0.955 bits per heavy atom. The number of aromatic hydroxyl groups is 1. The number of phenols is 1. The van der Waals surface area contributed by atoms with E-state index in [4.69, 9.17) is 0 Å². The van der Waals surface area contributed by atoms with E-state index in [0.29, 0.717) is 24.1 Å². The van der Waals surface area contributed by atoms with Gasteiger partial charge in [-0.1, -0.05) is 52.0 Å². The van der Waals surface area contributed by atoms with E-state index >= 15 is 0 Å². The van der Waals surface area contributed by atoms with Gasteiger partial charge in [-0.2, -0.15) is 0 Å². The average molecular weight is 297 g/mol. The lowest BCUT2D eigenvalue weighted by molar-refractivity contribution is 0.468. The zero-order valence-corrected chi connectivity index (χ0v) is 14.1. The van der Waals surface area contributed by atoms with Crippen molar-refractivity contribution < 1.29 is 5.11 Å². The van der Waals surface area contributed by atoms with Crippen LogP contribution in [0.3, 0.4) is 0 Å². The van der Waals surface area contributed by atoms with Crippen molar-refractivity contribution in [2.75, 3.05) is 5.32 Å². The second-order valence-electron chi connectivity index (χ2n) is 6.69. The van der Waals surface area contributed by atoms with E-state index in [0.717, 1.165) is 17.7 Å². The van der Waals surface area contributed by atoms with Crippen LogP contribution in [0.15, 0.2) is 42.5 Å². The molecule has 2 aromatic rings. The van der Waals surface area contributed by atoms with Crippen LogP contribution in [0.1, 0.15) is 50.3 Å². The molecule has 0 saturated heterocycles. The minimum atomic E-state index is 0.360. The standard InChI is InChI=1S/C20H27NO/c1-14(2)11-16-5-10-20(22)18(12-16)13-21-19-8-6-17(7-9-19)15(3)4/h5-10,12,14-15,21-22H,11,13H2,1-4H3. The monoisotopic (exact) mass is 297 g/mol. The first kappa shape index (κ1) is 16.4. The molecule has 0 atom stereocenters. The molecule has 0 aliphatic heterocycles. The molecule has 0 saturated carbocycles. The molecule has 0 bridgehead atoms. The van der Waals surface area contributed by atoms with Crippen LogP contribution >= 0.6 is 0 Å². The maximum absolute atomic E-state index is 10.0. The molecular formula is C20H27NO. The number of hydrogen-bond acceptors (Lipinski definition) is 2. The minimum Gasteiger partial charge on any atom is -0.508 e. The molecule has 0 radical (unpaired) electrons. The van der Waals surface area contributed by atoms with E-state index in [1.165, 1.54) is 11.1 Å². The fraction of sp³-hybridized carbons (Fsp3) is 0.400. The number of benzene rings is 2. The smallest absolute Gasteiger partial charge is 0.120 e. The van der Waals surface area contributed by atoms with Gasteiger partial charge in [-0.15, -0.1) is 0 Å². The van der Waals surface area contributed by atoms with Crippen LogP contribution in [0, 0.1) is 5.92 Å². The Balaban J connectivity index is 2.04. The Morgan fingerprint density at radius 3 is 2.23 bits per heavy atom. The van der Waals surface area contributed by atoms with Crippen LogP contribution in [0.2, 0.25) is 0 Å². The summed E-state index contributed by atoms with van der Waals surface area (Å²) in [6, 6.07) is 14.4. The lowest BCUT2D eigenvalue weighted by Crippen LogP contribution is -2.02. The van der Waals surface area contributed by atoms with E-state index in [1.807, 2.05) is 6.07 Å². The molecular weight excluding hydrogens is 270 g/mol. The Kier molecular flexibility index (Phi) is 5.48. The summed E-state index contributed by atoms with van der Waals surface area (Å²) in [7, 11) is 0. The summed E-state index contributed by atoms with van der Waals surface area (Å²) < 4.78 is 0. The summed E-state index contributed by atoms with van der Waals surface area (Å²) in [6.07, 6.45) is 1.04. The molecule has 2 heteroatoms. The number of rotatable bonds is 6. The first-order valence-electron chi connectivity index (χ1n) is 8.10. The highest BCUT2D eigenvalue weighted by Gasteiger charge is 2.05. The summed E-state index contributed by atoms with van der Waals surface area (Å²) in [5.74, 6) is 1.53. The van der Waals surface area contributed by atoms with Crippen molar-refractivity contribution in [1.82, 2.24) is 0 Å². The van der Waals surface area contributed by atoms with E-state index < -0.39 is 0 Å². The summed E-state index contributed by atoms with van der Waals surface area (Å²) in [4.78, 5) is 0. The molecule has 0 aliphatic carbocycles. The number of phenolic OH excluding ortho intramolecular Hbond substituents is 1. The lowest BCUT2D eigenvalue weighted by atomic mass is 10.0. The van der Waals surface area contributed by atoms with Crippen molar-refractivity contribution in [2.24, 2.45) is 5.92 Å². The quantitative estimate of drug-likeness (QED) is 0.755. The van der Waals surface area contributed by atoms with Crippen LogP contribution in [0.25, 0.3) is 0 Å². The van der Waals surface area contributed by atoms with Crippen molar-refractivity contribution in [3.8, 4) is 5.75 Å². The highest BCUT2D eigenvalue weighted by molar-refractivity contribution is 5.47.